The van der Waals surface area contributed by atoms with Gasteiger partial charge in [0.05, 0.1) is 0 Å². The standard InChI is InChI=1S/C29H39N3O2/c1-2-19-32-27(33)26(23-25-15-8-4-9-16-25)30-28(34)29(32)17-21-31(22-18-29)20-11-5-10-14-24-12-6-3-7-13-24/h3-4,6-9,12-13,15-16,26H,2,5,10-11,14,17-23H2,1H3,(H,30,34). The van der Waals surface area contributed by atoms with Gasteiger partial charge in [-0.3, -0.25) is 9.59 Å². The van der Waals surface area contributed by atoms with Crippen molar-refractivity contribution in [3.8, 4) is 0 Å². The van der Waals surface area contributed by atoms with Crippen LogP contribution in [-0.4, -0.2) is 59.4 Å². The van der Waals surface area contributed by atoms with Gasteiger partial charge in [0, 0.05) is 26.1 Å². The molecule has 2 aromatic carbocycles. The molecule has 2 aromatic rings. The lowest BCUT2D eigenvalue weighted by atomic mass is 9.81. The number of benzene rings is 2. The van der Waals surface area contributed by atoms with E-state index in [0.29, 0.717) is 13.0 Å². The van der Waals surface area contributed by atoms with Crippen molar-refractivity contribution in [3.63, 3.8) is 0 Å². The first-order valence-electron chi connectivity index (χ1n) is 13.0. The van der Waals surface area contributed by atoms with E-state index < -0.39 is 11.6 Å². The number of carbonyl (C=O) groups excluding carboxylic acids is 2. The number of nitrogens with one attached hydrogen (secondary N) is 1. The summed E-state index contributed by atoms with van der Waals surface area (Å²) in [5, 5.41) is 3.11. The van der Waals surface area contributed by atoms with Crippen molar-refractivity contribution in [3.05, 3.63) is 71.8 Å². The lowest BCUT2D eigenvalue weighted by Crippen LogP contribution is -2.73. The number of piperidine rings is 1. The number of aryl methyl sites for hydroxylation is 1. The average molecular weight is 462 g/mol. The molecule has 2 aliphatic heterocycles. The summed E-state index contributed by atoms with van der Waals surface area (Å²) in [7, 11) is 0. The van der Waals surface area contributed by atoms with E-state index in [9.17, 15) is 9.59 Å². The van der Waals surface area contributed by atoms with Crippen LogP contribution in [0.15, 0.2) is 60.7 Å². The predicted molar refractivity (Wildman–Crippen MR) is 136 cm³/mol. The topological polar surface area (TPSA) is 52.7 Å². The molecule has 2 aliphatic rings. The third-order valence-corrected chi connectivity index (χ3v) is 7.50. The van der Waals surface area contributed by atoms with Crippen molar-refractivity contribution in [2.24, 2.45) is 0 Å². The predicted octanol–water partition coefficient (Wildman–Crippen LogP) is 4.21. The van der Waals surface area contributed by atoms with Crippen molar-refractivity contribution in [1.82, 2.24) is 15.1 Å². The highest BCUT2D eigenvalue weighted by atomic mass is 16.2. The Kier molecular flexibility index (Phi) is 8.39. The first-order chi connectivity index (χ1) is 16.6. The summed E-state index contributed by atoms with van der Waals surface area (Å²) >= 11 is 0. The van der Waals surface area contributed by atoms with Crippen molar-refractivity contribution in [1.29, 1.82) is 0 Å². The second kappa shape index (κ2) is 11.7. The van der Waals surface area contributed by atoms with Gasteiger partial charge in [-0.05, 0) is 56.2 Å². The van der Waals surface area contributed by atoms with Crippen LogP contribution in [-0.2, 0) is 22.4 Å². The summed E-state index contributed by atoms with van der Waals surface area (Å²) in [4.78, 5) is 31.3. The minimum absolute atomic E-state index is 0.0454. The molecule has 0 aromatic heterocycles. The molecular weight excluding hydrogens is 422 g/mol. The first kappa shape index (κ1) is 24.5. The highest BCUT2D eigenvalue weighted by Crippen LogP contribution is 2.33. The lowest BCUT2D eigenvalue weighted by molar-refractivity contribution is -0.161. The molecule has 1 atom stereocenters. The van der Waals surface area contributed by atoms with Gasteiger partial charge in [-0.1, -0.05) is 74.0 Å². The van der Waals surface area contributed by atoms with Crippen molar-refractivity contribution < 1.29 is 9.59 Å². The fourth-order valence-electron chi connectivity index (χ4n) is 5.54. The number of hydrogen-bond donors (Lipinski definition) is 1. The molecule has 0 bridgehead atoms. The molecule has 34 heavy (non-hydrogen) atoms. The Hall–Kier alpha value is -2.66. The lowest BCUT2D eigenvalue weighted by Gasteiger charge is -2.51. The molecule has 0 saturated carbocycles. The molecule has 5 nitrogen and oxygen atoms in total. The van der Waals surface area contributed by atoms with Gasteiger partial charge in [0.1, 0.15) is 11.6 Å². The summed E-state index contributed by atoms with van der Waals surface area (Å²) < 4.78 is 0. The highest BCUT2D eigenvalue weighted by molar-refractivity contribution is 6.00. The van der Waals surface area contributed by atoms with Gasteiger partial charge in [0.2, 0.25) is 11.8 Å². The van der Waals surface area contributed by atoms with Gasteiger partial charge in [0.15, 0.2) is 0 Å². The van der Waals surface area contributed by atoms with E-state index in [1.54, 1.807) is 0 Å². The Balaban J connectivity index is 1.29. The summed E-state index contributed by atoms with van der Waals surface area (Å²) in [5.41, 5.74) is 1.82. The van der Waals surface area contributed by atoms with Crippen molar-refractivity contribution in [2.75, 3.05) is 26.2 Å². The zero-order valence-electron chi connectivity index (χ0n) is 20.5. The third-order valence-electron chi connectivity index (χ3n) is 7.50. The van der Waals surface area contributed by atoms with Crippen molar-refractivity contribution >= 4 is 11.8 Å². The zero-order valence-corrected chi connectivity index (χ0v) is 20.5. The fourth-order valence-corrected chi connectivity index (χ4v) is 5.54. The van der Waals surface area contributed by atoms with Crippen LogP contribution in [0, 0.1) is 0 Å². The zero-order chi connectivity index (χ0) is 23.8. The van der Waals surface area contributed by atoms with Crippen LogP contribution in [0.25, 0.3) is 0 Å². The summed E-state index contributed by atoms with van der Waals surface area (Å²) in [5.74, 6) is 0.128. The molecule has 1 N–H and O–H groups in total. The smallest absolute Gasteiger partial charge is 0.246 e. The molecule has 4 rings (SSSR count). The Morgan fingerprint density at radius 1 is 0.853 bits per heavy atom. The monoisotopic (exact) mass is 461 g/mol. The number of likely N-dealkylation sites (tertiary alicyclic amines) is 1. The maximum absolute atomic E-state index is 13.5. The number of rotatable bonds is 10. The van der Waals surface area contributed by atoms with Crippen LogP contribution in [0.4, 0.5) is 0 Å². The molecule has 5 heteroatoms. The Morgan fingerprint density at radius 2 is 1.50 bits per heavy atom. The molecule has 2 saturated heterocycles. The SMILES string of the molecule is CCCN1C(=O)C(Cc2ccccc2)NC(=O)C12CCN(CCCCCc1ccccc1)CC2. The van der Waals surface area contributed by atoms with E-state index in [4.69, 9.17) is 0 Å². The molecule has 2 fully saturated rings. The molecule has 0 aliphatic carbocycles. The molecule has 2 amide bonds. The summed E-state index contributed by atoms with van der Waals surface area (Å²) in [6.45, 7) is 5.57. The van der Waals surface area contributed by atoms with Gasteiger partial charge in [0.25, 0.3) is 0 Å². The van der Waals surface area contributed by atoms with Gasteiger partial charge in [-0.15, -0.1) is 0 Å². The largest absolute Gasteiger partial charge is 0.342 e. The Labute approximate surface area is 204 Å². The molecule has 1 unspecified atom stereocenters. The highest BCUT2D eigenvalue weighted by Gasteiger charge is 2.53. The summed E-state index contributed by atoms with van der Waals surface area (Å²) in [6.07, 6.45) is 7.63. The van der Waals surface area contributed by atoms with E-state index in [-0.39, 0.29) is 11.8 Å². The molecular formula is C29H39N3O2. The van der Waals surface area contributed by atoms with Gasteiger partial charge >= 0.3 is 0 Å². The molecule has 0 radical (unpaired) electrons. The second-order valence-corrected chi connectivity index (χ2v) is 9.88. The van der Waals surface area contributed by atoms with Crippen molar-refractivity contribution in [2.45, 2.75) is 69.9 Å². The molecule has 1 spiro atoms. The van der Waals surface area contributed by atoms with Crippen LogP contribution in [0.3, 0.4) is 0 Å². The number of hydrogen-bond acceptors (Lipinski definition) is 3. The minimum Gasteiger partial charge on any atom is -0.342 e. The maximum atomic E-state index is 13.5. The van der Waals surface area contributed by atoms with Crippen LogP contribution in [0.2, 0.25) is 0 Å². The van der Waals surface area contributed by atoms with E-state index in [1.165, 1.54) is 24.8 Å². The number of piperazine rings is 1. The number of unbranched alkanes of at least 4 members (excludes halogenated alkanes) is 2. The number of amides is 2. The third kappa shape index (κ3) is 5.69. The van der Waals surface area contributed by atoms with E-state index in [1.807, 2.05) is 35.2 Å². The molecule has 182 valence electrons. The van der Waals surface area contributed by atoms with E-state index in [0.717, 1.165) is 50.9 Å². The first-order valence-corrected chi connectivity index (χ1v) is 13.0. The Bertz CT molecular complexity index is 923. The van der Waals surface area contributed by atoms with Crippen LogP contribution < -0.4 is 5.32 Å². The van der Waals surface area contributed by atoms with Crippen LogP contribution in [0.1, 0.15) is 56.6 Å². The van der Waals surface area contributed by atoms with Crippen LogP contribution in [0.5, 0.6) is 0 Å². The molecule has 2 heterocycles. The average Bonchev–Trinajstić information content (AvgIpc) is 2.87. The van der Waals surface area contributed by atoms with Gasteiger partial charge in [-0.25, -0.2) is 0 Å². The van der Waals surface area contributed by atoms with Gasteiger partial charge < -0.3 is 15.1 Å². The Morgan fingerprint density at radius 3 is 2.15 bits per heavy atom. The van der Waals surface area contributed by atoms with Crippen LogP contribution >= 0.6 is 0 Å². The normalized spacial score (nSPS) is 20.5. The fraction of sp³-hybridized carbons (Fsp3) is 0.517. The maximum Gasteiger partial charge on any atom is 0.246 e. The number of nitrogens with zero attached hydrogens (tertiary/aromatic N) is 2. The number of carbonyl (C=O) groups is 2. The second-order valence-electron chi connectivity index (χ2n) is 9.88. The van der Waals surface area contributed by atoms with Gasteiger partial charge in [-0.2, -0.15) is 0 Å². The van der Waals surface area contributed by atoms with E-state index in [2.05, 4.69) is 47.5 Å². The quantitative estimate of drug-likeness (QED) is 0.539. The summed E-state index contributed by atoms with van der Waals surface area (Å²) in [6, 6.07) is 20.2. The van der Waals surface area contributed by atoms with E-state index >= 15 is 0 Å². The minimum atomic E-state index is -0.676.